The SMILES string of the molecule is N#Cc1ccccc1NC(=O)Nc1ccc(Cl)cc1C(F)(F)F. The summed E-state index contributed by atoms with van der Waals surface area (Å²) in [5, 5.41) is 13.3. The van der Waals surface area contributed by atoms with Crippen LogP contribution in [0.2, 0.25) is 5.02 Å². The molecule has 0 saturated heterocycles. The number of anilines is 2. The molecule has 23 heavy (non-hydrogen) atoms. The number of hydrogen-bond acceptors (Lipinski definition) is 2. The number of benzene rings is 2. The number of alkyl halides is 3. The Morgan fingerprint density at radius 2 is 1.74 bits per heavy atom. The second-order valence-corrected chi connectivity index (χ2v) is 4.86. The van der Waals surface area contributed by atoms with E-state index in [-0.39, 0.29) is 16.3 Å². The van der Waals surface area contributed by atoms with Crippen molar-refractivity contribution >= 4 is 29.0 Å². The lowest BCUT2D eigenvalue weighted by Crippen LogP contribution is -2.22. The van der Waals surface area contributed by atoms with Gasteiger partial charge in [0, 0.05) is 5.02 Å². The van der Waals surface area contributed by atoms with Gasteiger partial charge in [-0.05, 0) is 30.3 Å². The summed E-state index contributed by atoms with van der Waals surface area (Å²) in [6, 6.07) is 10.1. The maximum Gasteiger partial charge on any atom is 0.418 e. The zero-order chi connectivity index (χ0) is 17.0. The number of carbonyl (C=O) groups excluding carboxylic acids is 1. The summed E-state index contributed by atoms with van der Waals surface area (Å²) in [5.74, 6) is 0. The molecule has 0 heterocycles. The molecule has 0 saturated carbocycles. The number of rotatable bonds is 2. The maximum absolute atomic E-state index is 13.0. The highest BCUT2D eigenvalue weighted by atomic mass is 35.5. The minimum absolute atomic E-state index is 0.0990. The van der Waals surface area contributed by atoms with E-state index in [1.807, 2.05) is 6.07 Å². The van der Waals surface area contributed by atoms with Crippen molar-refractivity contribution < 1.29 is 18.0 Å². The van der Waals surface area contributed by atoms with Crippen LogP contribution in [0.3, 0.4) is 0 Å². The van der Waals surface area contributed by atoms with Crippen molar-refractivity contribution in [3.05, 3.63) is 58.6 Å². The molecule has 8 heteroatoms. The van der Waals surface area contributed by atoms with Crippen molar-refractivity contribution in [3.8, 4) is 6.07 Å². The summed E-state index contributed by atoms with van der Waals surface area (Å²) in [5.41, 5.74) is -1.12. The van der Waals surface area contributed by atoms with Crippen LogP contribution in [0, 0.1) is 11.3 Å². The summed E-state index contributed by atoms with van der Waals surface area (Å²) >= 11 is 5.56. The quantitative estimate of drug-likeness (QED) is 0.819. The van der Waals surface area contributed by atoms with Gasteiger partial charge in [-0.1, -0.05) is 23.7 Å². The van der Waals surface area contributed by atoms with E-state index in [9.17, 15) is 18.0 Å². The van der Waals surface area contributed by atoms with E-state index in [0.717, 1.165) is 12.1 Å². The lowest BCUT2D eigenvalue weighted by molar-refractivity contribution is -0.136. The molecule has 118 valence electrons. The molecule has 0 atom stereocenters. The smallest absolute Gasteiger partial charge is 0.307 e. The fourth-order valence-electron chi connectivity index (χ4n) is 1.83. The van der Waals surface area contributed by atoms with Crippen molar-refractivity contribution in [3.63, 3.8) is 0 Å². The van der Waals surface area contributed by atoms with Gasteiger partial charge in [0.15, 0.2) is 0 Å². The molecule has 2 amide bonds. The third kappa shape index (κ3) is 4.14. The first-order valence-corrected chi connectivity index (χ1v) is 6.63. The molecule has 0 unspecified atom stereocenters. The van der Waals surface area contributed by atoms with E-state index < -0.39 is 23.5 Å². The number of nitrogens with one attached hydrogen (secondary N) is 2. The highest BCUT2D eigenvalue weighted by molar-refractivity contribution is 6.30. The number of carbonyl (C=O) groups is 1. The first kappa shape index (κ1) is 16.6. The van der Waals surface area contributed by atoms with E-state index >= 15 is 0 Å². The molecule has 2 rings (SSSR count). The Bertz CT molecular complexity index is 784. The number of urea groups is 1. The average Bonchev–Trinajstić information content (AvgIpc) is 2.48. The maximum atomic E-state index is 13.0. The van der Waals surface area contributed by atoms with Gasteiger partial charge in [-0.2, -0.15) is 18.4 Å². The van der Waals surface area contributed by atoms with Gasteiger partial charge in [0.25, 0.3) is 0 Å². The first-order chi connectivity index (χ1) is 10.8. The van der Waals surface area contributed by atoms with Crippen molar-refractivity contribution in [2.75, 3.05) is 10.6 Å². The Kier molecular flexibility index (Phi) is 4.77. The summed E-state index contributed by atoms with van der Waals surface area (Å²) in [6.45, 7) is 0. The van der Waals surface area contributed by atoms with Crippen LogP contribution in [0.1, 0.15) is 11.1 Å². The van der Waals surface area contributed by atoms with Crippen molar-refractivity contribution in [2.24, 2.45) is 0 Å². The van der Waals surface area contributed by atoms with Crippen LogP contribution in [0.4, 0.5) is 29.3 Å². The predicted octanol–water partition coefficient (Wildman–Crippen LogP) is 4.87. The first-order valence-electron chi connectivity index (χ1n) is 6.25. The standard InChI is InChI=1S/C15H9ClF3N3O/c16-10-5-6-13(11(7-10)15(17,18)19)22-14(23)21-12-4-2-1-3-9(12)8-20/h1-7H,(H2,21,22,23). The lowest BCUT2D eigenvalue weighted by atomic mass is 10.1. The van der Waals surface area contributed by atoms with Crippen LogP contribution in [0.5, 0.6) is 0 Å². The molecule has 2 N–H and O–H groups in total. The molecular formula is C15H9ClF3N3O. The molecule has 0 bridgehead atoms. The molecular weight excluding hydrogens is 331 g/mol. The normalized spacial score (nSPS) is 10.7. The number of hydrogen-bond donors (Lipinski definition) is 2. The number of nitrogens with zero attached hydrogens (tertiary/aromatic N) is 1. The van der Waals surface area contributed by atoms with Gasteiger partial charge in [-0.3, -0.25) is 0 Å². The fourth-order valence-corrected chi connectivity index (χ4v) is 2.00. The summed E-state index contributed by atoms with van der Waals surface area (Å²) in [4.78, 5) is 11.9. The van der Waals surface area contributed by atoms with Gasteiger partial charge < -0.3 is 10.6 Å². The van der Waals surface area contributed by atoms with Crippen LogP contribution in [-0.4, -0.2) is 6.03 Å². The van der Waals surface area contributed by atoms with Crippen molar-refractivity contribution in [2.45, 2.75) is 6.18 Å². The Hall–Kier alpha value is -2.72. The van der Waals surface area contributed by atoms with E-state index in [1.54, 1.807) is 12.1 Å². The zero-order valence-corrected chi connectivity index (χ0v) is 12.2. The topological polar surface area (TPSA) is 64.9 Å². The summed E-state index contributed by atoms with van der Waals surface area (Å²) < 4.78 is 38.9. The number of halogens is 4. The highest BCUT2D eigenvalue weighted by Crippen LogP contribution is 2.36. The zero-order valence-electron chi connectivity index (χ0n) is 11.4. The second-order valence-electron chi connectivity index (χ2n) is 4.42. The molecule has 2 aromatic carbocycles. The Morgan fingerprint density at radius 3 is 2.39 bits per heavy atom. The van der Waals surface area contributed by atoms with E-state index in [0.29, 0.717) is 0 Å². The van der Waals surface area contributed by atoms with Crippen LogP contribution >= 0.6 is 11.6 Å². The summed E-state index contributed by atoms with van der Waals surface area (Å²) in [7, 11) is 0. The van der Waals surface area contributed by atoms with Gasteiger partial charge in [0.1, 0.15) is 6.07 Å². The molecule has 2 aromatic rings. The predicted molar refractivity (Wildman–Crippen MR) is 80.3 cm³/mol. The lowest BCUT2D eigenvalue weighted by Gasteiger charge is -2.15. The van der Waals surface area contributed by atoms with Gasteiger partial charge in [-0.25, -0.2) is 4.79 Å². The highest BCUT2D eigenvalue weighted by Gasteiger charge is 2.34. The van der Waals surface area contributed by atoms with Gasteiger partial charge in [0.2, 0.25) is 0 Å². The van der Waals surface area contributed by atoms with Crippen LogP contribution < -0.4 is 10.6 Å². The average molecular weight is 340 g/mol. The number of nitriles is 1. The number of amides is 2. The molecule has 0 spiro atoms. The van der Waals surface area contributed by atoms with Crippen molar-refractivity contribution in [1.29, 1.82) is 5.26 Å². The molecule has 0 aliphatic heterocycles. The minimum atomic E-state index is -4.67. The molecule has 4 nitrogen and oxygen atoms in total. The van der Waals surface area contributed by atoms with Gasteiger partial charge in [-0.15, -0.1) is 0 Å². The Morgan fingerprint density at radius 1 is 1.09 bits per heavy atom. The summed E-state index contributed by atoms with van der Waals surface area (Å²) in [6.07, 6.45) is -4.67. The molecule has 0 aliphatic carbocycles. The van der Waals surface area contributed by atoms with E-state index in [1.165, 1.54) is 18.2 Å². The van der Waals surface area contributed by atoms with Crippen molar-refractivity contribution in [1.82, 2.24) is 0 Å². The van der Waals surface area contributed by atoms with Gasteiger partial charge in [0.05, 0.1) is 22.5 Å². The third-order valence-corrected chi connectivity index (χ3v) is 3.07. The molecule has 0 fully saturated rings. The second kappa shape index (κ2) is 6.58. The van der Waals surface area contributed by atoms with Crippen LogP contribution in [0.15, 0.2) is 42.5 Å². The molecule has 0 aromatic heterocycles. The Labute approximate surface area is 134 Å². The van der Waals surface area contributed by atoms with E-state index in [4.69, 9.17) is 16.9 Å². The fraction of sp³-hybridized carbons (Fsp3) is 0.0667. The van der Waals surface area contributed by atoms with Gasteiger partial charge >= 0.3 is 12.2 Å². The largest absolute Gasteiger partial charge is 0.418 e. The number of para-hydroxylation sites is 1. The molecule has 0 radical (unpaired) electrons. The van der Waals surface area contributed by atoms with E-state index in [2.05, 4.69) is 10.6 Å². The monoisotopic (exact) mass is 339 g/mol. The Balaban J connectivity index is 2.23. The molecule has 0 aliphatic rings. The van der Waals surface area contributed by atoms with Crippen LogP contribution in [0.25, 0.3) is 0 Å². The van der Waals surface area contributed by atoms with Crippen LogP contribution in [-0.2, 0) is 6.18 Å². The minimum Gasteiger partial charge on any atom is -0.307 e. The third-order valence-electron chi connectivity index (χ3n) is 2.83.